The van der Waals surface area contributed by atoms with E-state index in [1.807, 2.05) is 0 Å². The second-order valence-corrected chi connectivity index (χ2v) is 8.41. The van der Waals surface area contributed by atoms with Crippen molar-refractivity contribution in [1.29, 1.82) is 0 Å². The van der Waals surface area contributed by atoms with Gasteiger partial charge in [0, 0.05) is 28.0 Å². The summed E-state index contributed by atoms with van der Waals surface area (Å²) in [6, 6.07) is 2.26. The first-order chi connectivity index (χ1) is 13.6. The highest BCUT2D eigenvalue weighted by atomic mass is 32.2. The van der Waals surface area contributed by atoms with Crippen LogP contribution in [0.5, 0.6) is 0 Å². The van der Waals surface area contributed by atoms with Crippen molar-refractivity contribution in [2.75, 3.05) is 31.3 Å². The van der Waals surface area contributed by atoms with Gasteiger partial charge >= 0.3 is 6.01 Å². The first-order valence-corrected chi connectivity index (χ1v) is 10.4. The Morgan fingerprint density at radius 1 is 1.38 bits per heavy atom. The summed E-state index contributed by atoms with van der Waals surface area (Å²) in [6.45, 7) is -0.128. The molecule has 0 saturated carbocycles. The molecule has 29 heavy (non-hydrogen) atoms. The van der Waals surface area contributed by atoms with Gasteiger partial charge in [-0.1, -0.05) is 0 Å². The van der Waals surface area contributed by atoms with E-state index in [1.165, 1.54) is 14.2 Å². The van der Waals surface area contributed by atoms with Crippen LogP contribution in [0.25, 0.3) is 0 Å². The van der Waals surface area contributed by atoms with Crippen LogP contribution in [0, 0.1) is 0 Å². The Morgan fingerprint density at radius 2 is 2.03 bits per heavy atom. The van der Waals surface area contributed by atoms with Crippen molar-refractivity contribution in [1.82, 2.24) is 15.3 Å². The summed E-state index contributed by atoms with van der Waals surface area (Å²) in [5, 5.41) is 23.1. The second-order valence-electron chi connectivity index (χ2n) is 6.40. The van der Waals surface area contributed by atoms with Gasteiger partial charge in [0.1, 0.15) is 18.5 Å². The molecule has 3 unspecified atom stereocenters. The molecular formula is C17H26N4O7S. The minimum atomic E-state index is -3.61. The smallest absolute Gasteiger partial charge is 0.311 e. The van der Waals surface area contributed by atoms with Crippen molar-refractivity contribution >= 4 is 21.9 Å². The summed E-state index contributed by atoms with van der Waals surface area (Å²) >= 11 is 0. The zero-order chi connectivity index (χ0) is 21.6. The van der Waals surface area contributed by atoms with Crippen molar-refractivity contribution in [2.24, 2.45) is 0 Å². The predicted molar refractivity (Wildman–Crippen MR) is 105 cm³/mol. The van der Waals surface area contributed by atoms with Crippen molar-refractivity contribution in [3.8, 4) is 0 Å². The molecule has 2 aromatic heterocycles. The van der Waals surface area contributed by atoms with Gasteiger partial charge in [0.05, 0.1) is 18.9 Å². The highest BCUT2D eigenvalue weighted by Crippen LogP contribution is 2.16. The number of nitrogens with one attached hydrogen (secondary N) is 1. The normalized spacial score (nSPS) is 14.8. The molecule has 1 amide bonds. The number of anilines is 1. The van der Waals surface area contributed by atoms with Gasteiger partial charge in [0.2, 0.25) is 10.0 Å². The van der Waals surface area contributed by atoms with Gasteiger partial charge in [0.15, 0.2) is 5.69 Å². The summed E-state index contributed by atoms with van der Waals surface area (Å²) in [5.41, 5.74) is 0.593. The van der Waals surface area contributed by atoms with Gasteiger partial charge in [0.25, 0.3) is 5.91 Å². The maximum atomic E-state index is 12.6. The highest BCUT2D eigenvalue weighted by Gasteiger charge is 2.29. The number of sulfonamides is 1. The molecule has 0 aliphatic carbocycles. The van der Waals surface area contributed by atoms with E-state index in [0.717, 1.165) is 22.4 Å². The molecule has 0 radical (unpaired) electrons. The summed E-state index contributed by atoms with van der Waals surface area (Å²) in [6.07, 6.45) is 2.73. The van der Waals surface area contributed by atoms with E-state index in [1.54, 1.807) is 24.5 Å². The molecule has 3 atom stereocenters. The average Bonchev–Trinajstić information content (AvgIpc) is 3.16. The number of aliphatic hydroxyl groups excluding tert-OH is 2. The Balaban J connectivity index is 0.00000450. The Kier molecular flexibility index (Phi) is 7.67. The molecule has 11 nitrogen and oxygen atoms in total. The van der Waals surface area contributed by atoms with Gasteiger partial charge in [-0.2, -0.15) is 4.98 Å². The Hall–Kier alpha value is -2.54. The molecule has 3 N–H and O–H groups in total. The highest BCUT2D eigenvalue weighted by molar-refractivity contribution is 7.92. The van der Waals surface area contributed by atoms with Crippen LogP contribution in [0.15, 0.2) is 35.2 Å². The number of hydrogen-bond acceptors (Lipinski definition) is 9. The van der Waals surface area contributed by atoms with Crippen LogP contribution in [-0.4, -0.2) is 79.8 Å². The van der Waals surface area contributed by atoms with E-state index in [-0.39, 0.29) is 26.2 Å². The van der Waals surface area contributed by atoms with Crippen molar-refractivity contribution in [3.05, 3.63) is 42.0 Å². The van der Waals surface area contributed by atoms with Gasteiger partial charge in [-0.3, -0.25) is 9.78 Å². The SMILES string of the molecule is COCC(O)C(O)C(Cc1ccncc1)NC(=O)c1coc(N(C)S(C)(=O)=O)n1.[HH]. The lowest BCUT2D eigenvalue weighted by Gasteiger charge is -2.27. The average molecular weight is 430 g/mol. The molecule has 0 spiro atoms. The third-order valence-corrected chi connectivity index (χ3v) is 5.31. The minimum absolute atomic E-state index is 0. The third kappa shape index (κ3) is 6.22. The molecule has 0 saturated heterocycles. The van der Waals surface area contributed by atoms with E-state index in [9.17, 15) is 23.4 Å². The lowest BCUT2D eigenvalue weighted by atomic mass is 9.98. The van der Waals surface area contributed by atoms with Crippen molar-refractivity contribution < 1.29 is 34.0 Å². The van der Waals surface area contributed by atoms with Gasteiger partial charge in [-0.15, -0.1) is 0 Å². The van der Waals surface area contributed by atoms with Crippen LogP contribution >= 0.6 is 0 Å². The molecule has 2 aromatic rings. The Morgan fingerprint density at radius 3 is 2.62 bits per heavy atom. The number of hydrogen-bond donors (Lipinski definition) is 3. The number of ether oxygens (including phenoxy) is 1. The molecule has 12 heteroatoms. The zero-order valence-electron chi connectivity index (χ0n) is 16.2. The molecule has 2 heterocycles. The molecule has 0 bridgehead atoms. The zero-order valence-corrected chi connectivity index (χ0v) is 17.0. The summed E-state index contributed by atoms with van der Waals surface area (Å²) in [4.78, 5) is 20.4. The van der Waals surface area contributed by atoms with E-state index in [4.69, 9.17) is 9.15 Å². The molecule has 0 fully saturated rings. The summed E-state index contributed by atoms with van der Waals surface area (Å²) in [7, 11) is -0.998. The Labute approximate surface area is 169 Å². The van der Waals surface area contributed by atoms with Crippen LogP contribution in [0.4, 0.5) is 6.01 Å². The molecule has 162 valence electrons. The lowest BCUT2D eigenvalue weighted by Crippen LogP contribution is -2.51. The van der Waals surface area contributed by atoms with Crippen molar-refractivity contribution in [3.63, 3.8) is 0 Å². The number of carbonyl (C=O) groups excluding carboxylic acids is 1. The largest absolute Gasteiger partial charge is 0.430 e. The van der Waals surface area contributed by atoms with Crippen LogP contribution in [0.3, 0.4) is 0 Å². The number of aromatic nitrogens is 2. The minimum Gasteiger partial charge on any atom is -0.430 e. The topological polar surface area (TPSA) is 155 Å². The molecule has 0 aliphatic heterocycles. The number of methoxy groups -OCH3 is 1. The summed E-state index contributed by atoms with van der Waals surface area (Å²) < 4.78 is 33.8. The van der Waals surface area contributed by atoms with Crippen LogP contribution in [0.2, 0.25) is 0 Å². The number of pyridine rings is 1. The number of carbonyl (C=O) groups is 1. The molecule has 2 rings (SSSR count). The molecule has 0 aliphatic rings. The van der Waals surface area contributed by atoms with Gasteiger partial charge < -0.3 is 24.7 Å². The van der Waals surface area contributed by atoms with Gasteiger partial charge in [-0.25, -0.2) is 12.7 Å². The number of aliphatic hydroxyl groups is 2. The number of amides is 1. The fourth-order valence-electron chi connectivity index (χ4n) is 2.46. The standard InChI is InChI=1S/C17H24N4O7S.H2/c1-21(29(3,25)26)17-20-13(9-28-17)16(24)19-12(15(23)14(22)10-27-2)8-11-4-6-18-7-5-11;/h4-7,9,12,14-15,22-23H,8,10H2,1-3H3,(H,19,24);1H. The Bertz CT molecular complexity index is 910. The number of rotatable bonds is 10. The number of nitrogens with zero attached hydrogens (tertiary/aromatic N) is 3. The van der Waals surface area contributed by atoms with Gasteiger partial charge in [-0.05, 0) is 24.1 Å². The quantitative estimate of drug-likeness (QED) is 0.449. The monoisotopic (exact) mass is 430 g/mol. The second kappa shape index (κ2) is 9.78. The third-order valence-electron chi connectivity index (χ3n) is 4.16. The fraction of sp³-hybridized carbons (Fsp3) is 0.471. The predicted octanol–water partition coefficient (Wildman–Crippen LogP) is -0.579. The first-order valence-electron chi connectivity index (χ1n) is 8.57. The maximum absolute atomic E-state index is 12.6. The number of oxazole rings is 1. The van der Waals surface area contributed by atoms with E-state index in [0.29, 0.717) is 0 Å². The fourth-order valence-corrected chi connectivity index (χ4v) is 2.83. The van der Waals surface area contributed by atoms with Crippen molar-refractivity contribution in [2.45, 2.75) is 24.7 Å². The maximum Gasteiger partial charge on any atom is 0.311 e. The van der Waals surface area contributed by atoms with E-state index >= 15 is 0 Å². The van der Waals surface area contributed by atoms with Crippen LogP contribution in [0.1, 0.15) is 17.5 Å². The molecular weight excluding hydrogens is 404 g/mol. The van der Waals surface area contributed by atoms with E-state index in [2.05, 4.69) is 15.3 Å². The van der Waals surface area contributed by atoms with Crippen LogP contribution < -0.4 is 9.62 Å². The van der Waals surface area contributed by atoms with Crippen LogP contribution in [-0.2, 0) is 21.2 Å². The first kappa shape index (κ1) is 22.7. The summed E-state index contributed by atoms with van der Waals surface area (Å²) in [5.74, 6) is -0.704. The lowest BCUT2D eigenvalue weighted by molar-refractivity contribution is -0.0407. The molecule has 0 aromatic carbocycles. The van der Waals surface area contributed by atoms with E-state index < -0.39 is 34.2 Å².